The van der Waals surface area contributed by atoms with E-state index in [2.05, 4.69) is 5.32 Å². The molecule has 0 radical (unpaired) electrons. The summed E-state index contributed by atoms with van der Waals surface area (Å²) in [6.07, 6.45) is 2.88. The lowest BCUT2D eigenvalue weighted by molar-refractivity contribution is -0.122. The Morgan fingerprint density at radius 3 is 2.59 bits per heavy atom. The fraction of sp³-hybridized carbons (Fsp3) is 0.364. The average Bonchev–Trinajstić information content (AvgIpc) is 2.13. The Morgan fingerprint density at radius 1 is 1.35 bits per heavy atom. The van der Waals surface area contributed by atoms with Crippen molar-refractivity contribution in [2.45, 2.75) is 24.2 Å². The number of hydrogen-bond donors (Lipinski definition) is 1. The third-order valence-electron chi connectivity index (χ3n) is 2.86. The second-order valence-corrected chi connectivity index (χ2v) is 6.65. The molecule has 0 saturated heterocycles. The van der Waals surface area contributed by atoms with Gasteiger partial charge in [0.1, 0.15) is 0 Å². The van der Waals surface area contributed by atoms with Crippen LogP contribution in [0.25, 0.3) is 0 Å². The summed E-state index contributed by atoms with van der Waals surface area (Å²) < 4.78 is 22.2. The average molecular weight is 274 g/mol. The summed E-state index contributed by atoms with van der Waals surface area (Å²) in [5, 5.41) is 2.69. The predicted octanol–water partition coefficient (Wildman–Crippen LogP) is 2.35. The van der Waals surface area contributed by atoms with Gasteiger partial charge >= 0.3 is 0 Å². The van der Waals surface area contributed by atoms with Crippen LogP contribution in [0.15, 0.2) is 29.2 Å². The quantitative estimate of drug-likeness (QED) is 0.860. The first-order valence-electron chi connectivity index (χ1n) is 5.32. The van der Waals surface area contributed by atoms with Crippen LogP contribution < -0.4 is 5.32 Å². The van der Waals surface area contributed by atoms with Gasteiger partial charge in [0.2, 0.25) is 5.91 Å². The monoisotopic (exact) mass is 273 g/mol. The Bertz CT molecular complexity index is 537. The van der Waals surface area contributed by atoms with E-state index in [0.717, 1.165) is 19.3 Å². The second-order valence-electron chi connectivity index (χ2n) is 4.08. The third kappa shape index (κ3) is 2.98. The van der Waals surface area contributed by atoms with E-state index in [4.69, 9.17) is 10.7 Å². The molecule has 1 aliphatic carbocycles. The minimum absolute atomic E-state index is 0.00873. The molecule has 1 aromatic carbocycles. The van der Waals surface area contributed by atoms with Gasteiger partial charge < -0.3 is 5.32 Å². The first kappa shape index (κ1) is 12.4. The number of amides is 1. The zero-order chi connectivity index (χ0) is 12.5. The number of hydrogen-bond acceptors (Lipinski definition) is 3. The highest BCUT2D eigenvalue weighted by Crippen LogP contribution is 2.28. The van der Waals surface area contributed by atoms with Gasteiger partial charge in [0, 0.05) is 22.3 Å². The third-order valence-corrected chi connectivity index (χ3v) is 4.21. The molecular formula is C11H12ClNO3S. The minimum Gasteiger partial charge on any atom is -0.326 e. The van der Waals surface area contributed by atoms with Crippen LogP contribution in [0.5, 0.6) is 0 Å². The van der Waals surface area contributed by atoms with E-state index in [1.807, 2.05) is 0 Å². The summed E-state index contributed by atoms with van der Waals surface area (Å²) in [5.41, 5.74) is 0.462. The molecule has 0 bridgehead atoms. The normalized spacial score (nSPS) is 16.3. The molecule has 92 valence electrons. The van der Waals surface area contributed by atoms with Gasteiger partial charge in [0.15, 0.2) is 0 Å². The summed E-state index contributed by atoms with van der Waals surface area (Å²) >= 11 is 0. The van der Waals surface area contributed by atoms with Crippen molar-refractivity contribution in [3.05, 3.63) is 24.3 Å². The Labute approximate surface area is 104 Å². The van der Waals surface area contributed by atoms with Gasteiger partial charge in [0.05, 0.1) is 4.90 Å². The molecule has 0 atom stereocenters. The van der Waals surface area contributed by atoms with Crippen molar-refractivity contribution in [1.29, 1.82) is 0 Å². The van der Waals surface area contributed by atoms with Gasteiger partial charge in [-0.15, -0.1) is 0 Å². The Morgan fingerprint density at radius 2 is 2.06 bits per heavy atom. The topological polar surface area (TPSA) is 63.2 Å². The van der Waals surface area contributed by atoms with E-state index in [0.29, 0.717) is 5.69 Å². The molecule has 0 heterocycles. The number of nitrogens with one attached hydrogen (secondary N) is 1. The summed E-state index contributed by atoms with van der Waals surface area (Å²) in [4.78, 5) is 11.7. The zero-order valence-electron chi connectivity index (χ0n) is 9.02. The van der Waals surface area contributed by atoms with Crippen molar-refractivity contribution in [2.75, 3.05) is 5.32 Å². The Hall–Kier alpha value is -1.07. The van der Waals surface area contributed by atoms with Gasteiger partial charge in [-0.2, -0.15) is 0 Å². The van der Waals surface area contributed by atoms with Crippen molar-refractivity contribution in [2.24, 2.45) is 5.92 Å². The van der Waals surface area contributed by atoms with Crippen molar-refractivity contribution >= 4 is 31.3 Å². The smallest absolute Gasteiger partial charge is 0.261 e. The maximum atomic E-state index is 11.7. The van der Waals surface area contributed by atoms with Gasteiger partial charge in [-0.1, -0.05) is 12.5 Å². The summed E-state index contributed by atoms with van der Waals surface area (Å²) in [5.74, 6) is 0.00614. The zero-order valence-corrected chi connectivity index (χ0v) is 10.6. The van der Waals surface area contributed by atoms with Crippen LogP contribution in [-0.2, 0) is 13.8 Å². The largest absolute Gasteiger partial charge is 0.326 e. The van der Waals surface area contributed by atoms with Crippen LogP contribution in [0, 0.1) is 5.92 Å². The maximum Gasteiger partial charge on any atom is 0.261 e. The Balaban J connectivity index is 2.13. The maximum absolute atomic E-state index is 11.7. The molecule has 0 spiro atoms. The lowest BCUT2D eigenvalue weighted by Crippen LogP contribution is -2.28. The van der Waals surface area contributed by atoms with Crippen molar-refractivity contribution in [1.82, 2.24) is 0 Å². The SMILES string of the molecule is O=C(Nc1cccc(S(=O)(=O)Cl)c1)C1CCC1. The molecule has 1 fully saturated rings. The first-order chi connectivity index (χ1) is 7.97. The van der Waals surface area contributed by atoms with Crippen LogP contribution in [0.1, 0.15) is 19.3 Å². The number of halogens is 1. The molecule has 1 aromatic rings. The fourth-order valence-electron chi connectivity index (χ4n) is 1.64. The Kier molecular flexibility index (Phi) is 3.40. The van der Waals surface area contributed by atoms with E-state index in [9.17, 15) is 13.2 Å². The van der Waals surface area contributed by atoms with Crippen molar-refractivity contribution in [3.8, 4) is 0 Å². The molecule has 1 amide bonds. The van der Waals surface area contributed by atoms with Gasteiger partial charge in [-0.25, -0.2) is 8.42 Å². The predicted molar refractivity (Wildman–Crippen MR) is 65.5 cm³/mol. The summed E-state index contributed by atoms with van der Waals surface area (Å²) in [6, 6.07) is 5.94. The molecule has 0 unspecified atom stereocenters. The van der Waals surface area contributed by atoms with Crippen LogP contribution in [0.2, 0.25) is 0 Å². The van der Waals surface area contributed by atoms with Gasteiger partial charge in [-0.3, -0.25) is 4.79 Å². The van der Waals surface area contributed by atoms with E-state index in [-0.39, 0.29) is 16.7 Å². The molecule has 6 heteroatoms. The van der Waals surface area contributed by atoms with E-state index < -0.39 is 9.05 Å². The van der Waals surface area contributed by atoms with Crippen LogP contribution in [-0.4, -0.2) is 14.3 Å². The lowest BCUT2D eigenvalue weighted by atomic mass is 9.85. The fourth-order valence-corrected chi connectivity index (χ4v) is 2.44. The summed E-state index contributed by atoms with van der Waals surface area (Å²) in [6.45, 7) is 0. The van der Waals surface area contributed by atoms with E-state index >= 15 is 0 Å². The molecule has 0 aromatic heterocycles. The lowest BCUT2D eigenvalue weighted by Gasteiger charge is -2.24. The minimum atomic E-state index is -3.75. The highest BCUT2D eigenvalue weighted by atomic mass is 35.7. The van der Waals surface area contributed by atoms with Crippen LogP contribution in [0.4, 0.5) is 5.69 Å². The number of rotatable bonds is 3. The number of anilines is 1. The number of benzene rings is 1. The number of carbonyl (C=O) groups is 1. The first-order valence-corrected chi connectivity index (χ1v) is 7.63. The summed E-state index contributed by atoms with van der Waals surface area (Å²) in [7, 11) is 1.48. The molecule has 0 aliphatic heterocycles. The van der Waals surface area contributed by atoms with Crippen LogP contribution in [0.3, 0.4) is 0 Å². The molecule has 1 N–H and O–H groups in total. The molecule has 17 heavy (non-hydrogen) atoms. The van der Waals surface area contributed by atoms with E-state index in [1.54, 1.807) is 12.1 Å². The standard InChI is InChI=1S/C11H12ClNO3S/c12-17(15,16)10-6-2-5-9(7-10)13-11(14)8-3-1-4-8/h2,5-8H,1,3-4H2,(H,13,14). The highest BCUT2D eigenvalue weighted by molar-refractivity contribution is 8.13. The van der Waals surface area contributed by atoms with Crippen molar-refractivity contribution < 1.29 is 13.2 Å². The molecule has 2 rings (SSSR count). The molecular weight excluding hydrogens is 262 g/mol. The molecule has 1 saturated carbocycles. The van der Waals surface area contributed by atoms with E-state index in [1.165, 1.54) is 12.1 Å². The van der Waals surface area contributed by atoms with Crippen molar-refractivity contribution in [3.63, 3.8) is 0 Å². The van der Waals surface area contributed by atoms with Gasteiger partial charge in [-0.05, 0) is 31.0 Å². The second kappa shape index (κ2) is 4.66. The van der Waals surface area contributed by atoms with Crippen LogP contribution >= 0.6 is 10.7 Å². The molecule has 4 nitrogen and oxygen atoms in total. The highest BCUT2D eigenvalue weighted by Gasteiger charge is 2.25. The van der Waals surface area contributed by atoms with Gasteiger partial charge in [0.25, 0.3) is 9.05 Å². The molecule has 1 aliphatic rings. The number of carbonyl (C=O) groups excluding carboxylic acids is 1.